The summed E-state index contributed by atoms with van der Waals surface area (Å²) in [7, 11) is 0.724. The monoisotopic (exact) mass is 501 g/mol. The van der Waals surface area contributed by atoms with E-state index in [1.807, 2.05) is 11.9 Å². The highest BCUT2D eigenvalue weighted by Crippen LogP contribution is 2.33. The molecule has 0 saturated carbocycles. The second-order valence-corrected chi connectivity index (χ2v) is 10.2. The highest BCUT2D eigenvalue weighted by atomic mass is 35.5. The standard InChI is InChI=1S/C23H27ClF3N3O2S/c1-3-33(32)21-7-6-19(24)12-18(21)14-28-22(31)16-4-5-17(20(13-16)23(25,26)27)15-30-10-8-29(2)9-11-30/h4-7,12-13H,3,8-11,14-15H2,1-2H3,(H,28,31). The molecule has 0 spiro atoms. The van der Waals surface area contributed by atoms with E-state index in [0.29, 0.717) is 34.3 Å². The maximum atomic E-state index is 13.8. The van der Waals surface area contributed by atoms with Crippen molar-refractivity contribution < 1.29 is 22.2 Å². The molecule has 180 valence electrons. The molecule has 2 aromatic rings. The Morgan fingerprint density at radius 3 is 2.42 bits per heavy atom. The third-order valence-corrected chi connectivity index (χ3v) is 7.29. The van der Waals surface area contributed by atoms with Gasteiger partial charge in [-0.25, -0.2) is 0 Å². The van der Waals surface area contributed by atoms with E-state index in [1.54, 1.807) is 25.1 Å². The molecule has 1 N–H and O–H groups in total. The molecule has 3 rings (SSSR count). The number of alkyl halides is 3. The summed E-state index contributed by atoms with van der Waals surface area (Å²) < 4.78 is 53.6. The predicted octanol–water partition coefficient (Wildman–Crippen LogP) is 4.16. The van der Waals surface area contributed by atoms with Gasteiger partial charge >= 0.3 is 6.18 Å². The number of carbonyl (C=O) groups is 1. The van der Waals surface area contributed by atoms with Crippen LogP contribution in [0.4, 0.5) is 13.2 Å². The maximum Gasteiger partial charge on any atom is 0.416 e. The fourth-order valence-corrected chi connectivity index (χ4v) is 4.86. The molecular formula is C23H27ClF3N3O2S. The summed E-state index contributed by atoms with van der Waals surface area (Å²) in [6.45, 7) is 4.94. The topological polar surface area (TPSA) is 52.7 Å². The SMILES string of the molecule is CCS(=O)c1ccc(Cl)cc1CNC(=O)c1ccc(CN2CCN(C)CC2)c(C(F)(F)F)c1. The molecule has 1 heterocycles. The van der Waals surface area contributed by atoms with Gasteiger partial charge in [0, 0.05) is 60.5 Å². The van der Waals surface area contributed by atoms with E-state index in [9.17, 15) is 22.2 Å². The van der Waals surface area contributed by atoms with Crippen LogP contribution in [0, 0.1) is 0 Å². The fourth-order valence-electron chi connectivity index (χ4n) is 3.71. The fraction of sp³-hybridized carbons (Fsp3) is 0.435. The Morgan fingerprint density at radius 1 is 1.09 bits per heavy atom. The smallest absolute Gasteiger partial charge is 0.348 e. The molecule has 1 aliphatic heterocycles. The number of hydrogen-bond donors (Lipinski definition) is 1. The first kappa shape index (κ1) is 25.7. The van der Waals surface area contributed by atoms with Gasteiger partial charge in [0.1, 0.15) is 0 Å². The van der Waals surface area contributed by atoms with Gasteiger partial charge < -0.3 is 10.2 Å². The minimum Gasteiger partial charge on any atom is -0.348 e. The van der Waals surface area contributed by atoms with Gasteiger partial charge in [-0.1, -0.05) is 24.6 Å². The number of nitrogens with zero attached hydrogens (tertiary/aromatic N) is 2. The lowest BCUT2D eigenvalue weighted by atomic mass is 10.0. The number of hydrogen-bond acceptors (Lipinski definition) is 4. The molecule has 0 aromatic heterocycles. The zero-order valence-corrected chi connectivity index (χ0v) is 20.1. The molecule has 1 aliphatic rings. The second kappa shape index (κ2) is 11.0. The molecule has 5 nitrogen and oxygen atoms in total. The van der Waals surface area contributed by atoms with Crippen molar-refractivity contribution in [2.45, 2.75) is 31.1 Å². The van der Waals surface area contributed by atoms with E-state index in [2.05, 4.69) is 10.2 Å². The van der Waals surface area contributed by atoms with Crippen LogP contribution in [-0.4, -0.2) is 58.9 Å². The lowest BCUT2D eigenvalue weighted by Gasteiger charge is -2.33. The van der Waals surface area contributed by atoms with Crippen LogP contribution in [0.1, 0.15) is 34.0 Å². The van der Waals surface area contributed by atoms with E-state index in [0.717, 1.165) is 19.2 Å². The van der Waals surface area contributed by atoms with Crippen molar-refractivity contribution in [1.29, 1.82) is 0 Å². The molecule has 33 heavy (non-hydrogen) atoms. The Labute approximate surface area is 199 Å². The van der Waals surface area contributed by atoms with Crippen molar-refractivity contribution in [3.8, 4) is 0 Å². The van der Waals surface area contributed by atoms with Crippen LogP contribution in [-0.2, 0) is 30.1 Å². The summed E-state index contributed by atoms with van der Waals surface area (Å²) in [4.78, 5) is 17.3. The zero-order chi connectivity index (χ0) is 24.2. The minimum absolute atomic E-state index is 0.00483. The van der Waals surface area contributed by atoms with Crippen LogP contribution in [0.5, 0.6) is 0 Å². The Hall–Kier alpha value is -1.94. The van der Waals surface area contributed by atoms with E-state index in [1.165, 1.54) is 12.1 Å². The van der Waals surface area contributed by atoms with Crippen molar-refractivity contribution in [3.63, 3.8) is 0 Å². The average Bonchev–Trinajstić information content (AvgIpc) is 2.78. The average molecular weight is 502 g/mol. The summed E-state index contributed by atoms with van der Waals surface area (Å²) >= 11 is 6.03. The minimum atomic E-state index is -4.57. The third-order valence-electron chi connectivity index (χ3n) is 5.64. The van der Waals surface area contributed by atoms with Gasteiger partial charge in [0.15, 0.2) is 0 Å². The van der Waals surface area contributed by atoms with Gasteiger partial charge in [0.25, 0.3) is 5.91 Å². The summed E-state index contributed by atoms with van der Waals surface area (Å²) in [5.41, 5.74) is -0.160. The van der Waals surface area contributed by atoms with Crippen LogP contribution >= 0.6 is 11.6 Å². The van der Waals surface area contributed by atoms with Crippen LogP contribution in [0.15, 0.2) is 41.3 Å². The zero-order valence-electron chi connectivity index (χ0n) is 18.5. The molecule has 0 aliphatic carbocycles. The number of carbonyl (C=O) groups excluding carboxylic acids is 1. The lowest BCUT2D eigenvalue weighted by molar-refractivity contribution is -0.138. The van der Waals surface area contributed by atoms with Crippen LogP contribution < -0.4 is 5.32 Å². The first-order valence-electron chi connectivity index (χ1n) is 10.6. The van der Waals surface area contributed by atoms with Gasteiger partial charge in [-0.2, -0.15) is 13.2 Å². The summed E-state index contributed by atoms with van der Waals surface area (Å²) in [5, 5.41) is 3.05. The first-order valence-corrected chi connectivity index (χ1v) is 12.3. The normalized spacial score (nSPS) is 16.5. The number of nitrogens with one attached hydrogen (secondary N) is 1. The van der Waals surface area contributed by atoms with Gasteiger partial charge in [0.05, 0.1) is 16.4 Å². The van der Waals surface area contributed by atoms with Crippen LogP contribution in [0.2, 0.25) is 5.02 Å². The van der Waals surface area contributed by atoms with E-state index < -0.39 is 28.4 Å². The molecule has 1 saturated heterocycles. The summed E-state index contributed by atoms with van der Waals surface area (Å²) in [5.74, 6) is -0.244. The highest BCUT2D eigenvalue weighted by Gasteiger charge is 2.34. The van der Waals surface area contributed by atoms with Crippen LogP contribution in [0.3, 0.4) is 0 Å². The lowest BCUT2D eigenvalue weighted by Crippen LogP contribution is -2.44. The van der Waals surface area contributed by atoms with Crippen molar-refractivity contribution in [2.24, 2.45) is 0 Å². The first-order chi connectivity index (χ1) is 15.6. The van der Waals surface area contributed by atoms with E-state index in [-0.39, 0.29) is 24.2 Å². The van der Waals surface area contributed by atoms with Crippen molar-refractivity contribution >= 4 is 28.3 Å². The van der Waals surface area contributed by atoms with E-state index >= 15 is 0 Å². The van der Waals surface area contributed by atoms with Gasteiger partial charge in [0.2, 0.25) is 0 Å². The van der Waals surface area contributed by atoms with Crippen molar-refractivity contribution in [2.75, 3.05) is 39.0 Å². The number of rotatable bonds is 7. The summed E-state index contributed by atoms with van der Waals surface area (Å²) in [6.07, 6.45) is -4.57. The molecule has 10 heteroatoms. The molecule has 2 aromatic carbocycles. The molecule has 0 bridgehead atoms. The molecule has 1 unspecified atom stereocenters. The van der Waals surface area contributed by atoms with Gasteiger partial charge in [-0.05, 0) is 48.5 Å². The third kappa shape index (κ3) is 6.79. The molecule has 0 radical (unpaired) electrons. The Kier molecular flexibility index (Phi) is 8.55. The number of amides is 1. The predicted molar refractivity (Wildman–Crippen MR) is 124 cm³/mol. The largest absolute Gasteiger partial charge is 0.416 e. The van der Waals surface area contributed by atoms with Crippen molar-refractivity contribution in [1.82, 2.24) is 15.1 Å². The molecule has 1 fully saturated rings. The van der Waals surface area contributed by atoms with Gasteiger partial charge in [-0.3, -0.25) is 13.9 Å². The number of benzene rings is 2. The second-order valence-electron chi connectivity index (χ2n) is 8.02. The van der Waals surface area contributed by atoms with Gasteiger partial charge in [-0.15, -0.1) is 0 Å². The Morgan fingerprint density at radius 2 is 1.79 bits per heavy atom. The number of halogens is 4. The maximum absolute atomic E-state index is 13.8. The van der Waals surface area contributed by atoms with Crippen molar-refractivity contribution in [3.05, 3.63) is 63.7 Å². The number of piperazine rings is 1. The summed E-state index contributed by atoms with van der Waals surface area (Å²) in [6, 6.07) is 8.56. The quantitative estimate of drug-likeness (QED) is 0.619. The Balaban J connectivity index is 1.77. The molecule has 1 amide bonds. The molecule has 1 atom stereocenters. The Bertz CT molecular complexity index is 1020. The number of likely N-dealkylation sites (N-methyl/N-ethyl adjacent to an activating group) is 1. The van der Waals surface area contributed by atoms with Crippen LogP contribution in [0.25, 0.3) is 0 Å². The van der Waals surface area contributed by atoms with E-state index in [4.69, 9.17) is 11.6 Å². The highest BCUT2D eigenvalue weighted by molar-refractivity contribution is 7.85. The molecular weight excluding hydrogens is 475 g/mol.